The number of nitrogens with one attached hydrogen (secondary N) is 1. The van der Waals surface area contributed by atoms with Crippen LogP contribution in [0, 0.1) is 18.3 Å². The predicted molar refractivity (Wildman–Crippen MR) is 99.7 cm³/mol. The van der Waals surface area contributed by atoms with Crippen molar-refractivity contribution in [2.75, 3.05) is 0 Å². The van der Waals surface area contributed by atoms with Crippen LogP contribution in [0.1, 0.15) is 11.1 Å². The Morgan fingerprint density at radius 1 is 1.21 bits per heavy atom. The van der Waals surface area contributed by atoms with Gasteiger partial charge in [0.05, 0.1) is 6.07 Å². The zero-order valence-corrected chi connectivity index (χ0v) is 15.4. The molecular weight excluding hydrogens is 384 g/mol. The molecule has 3 rings (SSSR count). The third-order valence-corrected chi connectivity index (χ3v) is 5.17. The molecule has 0 aliphatic rings. The lowest BCUT2D eigenvalue weighted by Gasteiger charge is -2.06. The van der Waals surface area contributed by atoms with Crippen LogP contribution in [0.25, 0.3) is 11.4 Å². The highest BCUT2D eigenvalue weighted by Crippen LogP contribution is 2.28. The van der Waals surface area contributed by atoms with Gasteiger partial charge in [-0.05, 0) is 25.0 Å². The predicted octanol–water partition coefficient (Wildman–Crippen LogP) is 4.77. The number of aromatic nitrogens is 3. The first-order chi connectivity index (χ1) is 11.7. The Hall–Kier alpha value is -2.10. The normalized spacial score (nSPS) is 11.9. The highest BCUT2D eigenvalue weighted by Gasteiger charge is 2.15. The number of nitriles is 1. The van der Waals surface area contributed by atoms with Crippen molar-refractivity contribution in [3.63, 3.8) is 0 Å². The van der Waals surface area contributed by atoms with Crippen LogP contribution in [0.5, 0.6) is 0 Å². The molecule has 1 heterocycles. The van der Waals surface area contributed by atoms with Crippen molar-refractivity contribution in [2.45, 2.75) is 23.8 Å². The van der Waals surface area contributed by atoms with E-state index in [1.807, 2.05) is 24.3 Å². The fourth-order valence-corrected chi connectivity index (χ4v) is 3.55. The van der Waals surface area contributed by atoms with Gasteiger partial charge in [0.1, 0.15) is 5.25 Å². The molecule has 24 heavy (non-hydrogen) atoms. The van der Waals surface area contributed by atoms with Crippen LogP contribution in [-0.2, 0) is 6.42 Å². The smallest absolute Gasteiger partial charge is 0.210 e. The molecule has 3 aromatic rings. The Morgan fingerprint density at radius 3 is 2.67 bits per heavy atom. The molecule has 0 saturated carbocycles. The molecule has 6 heteroatoms. The first-order valence-corrected chi connectivity index (χ1v) is 9.12. The molecule has 0 aliphatic carbocycles. The summed E-state index contributed by atoms with van der Waals surface area (Å²) in [5.41, 5.74) is 3.30. The van der Waals surface area contributed by atoms with E-state index in [0.717, 1.165) is 15.6 Å². The molecule has 1 aromatic heterocycles. The summed E-state index contributed by atoms with van der Waals surface area (Å²) in [6.07, 6.45) is 0.667. The van der Waals surface area contributed by atoms with E-state index in [2.05, 4.69) is 68.4 Å². The molecule has 1 atom stereocenters. The number of aryl methyl sites for hydroxylation is 1. The Kier molecular flexibility index (Phi) is 5.34. The second-order valence-electron chi connectivity index (χ2n) is 5.37. The summed E-state index contributed by atoms with van der Waals surface area (Å²) in [4.78, 5) is 4.50. The quantitative estimate of drug-likeness (QED) is 0.628. The van der Waals surface area contributed by atoms with Gasteiger partial charge < -0.3 is 0 Å². The van der Waals surface area contributed by atoms with Crippen LogP contribution in [0.2, 0.25) is 0 Å². The summed E-state index contributed by atoms with van der Waals surface area (Å²) in [7, 11) is 0. The first kappa shape index (κ1) is 16.7. The van der Waals surface area contributed by atoms with Gasteiger partial charge in [-0.3, -0.25) is 5.10 Å². The highest BCUT2D eigenvalue weighted by atomic mass is 79.9. The lowest BCUT2D eigenvalue weighted by molar-refractivity contribution is 0.954. The molecule has 0 saturated heterocycles. The van der Waals surface area contributed by atoms with Crippen molar-refractivity contribution in [3.05, 3.63) is 64.1 Å². The van der Waals surface area contributed by atoms with E-state index in [-0.39, 0.29) is 5.25 Å². The number of halogens is 1. The molecule has 0 amide bonds. The lowest BCUT2D eigenvalue weighted by atomic mass is 10.1. The van der Waals surface area contributed by atoms with Crippen LogP contribution in [0.3, 0.4) is 0 Å². The van der Waals surface area contributed by atoms with Gasteiger partial charge >= 0.3 is 0 Å². The second kappa shape index (κ2) is 7.65. The minimum atomic E-state index is -0.226. The van der Waals surface area contributed by atoms with Gasteiger partial charge in [0.2, 0.25) is 5.16 Å². The van der Waals surface area contributed by atoms with Crippen molar-refractivity contribution in [1.82, 2.24) is 15.2 Å². The van der Waals surface area contributed by atoms with Gasteiger partial charge in [-0.2, -0.15) is 5.26 Å². The van der Waals surface area contributed by atoms with Crippen LogP contribution in [0.15, 0.2) is 58.2 Å². The maximum Gasteiger partial charge on any atom is 0.210 e. The van der Waals surface area contributed by atoms with Crippen LogP contribution < -0.4 is 0 Å². The van der Waals surface area contributed by atoms with E-state index in [0.29, 0.717) is 17.4 Å². The second-order valence-corrected chi connectivity index (χ2v) is 7.40. The van der Waals surface area contributed by atoms with E-state index in [9.17, 15) is 5.26 Å². The number of nitrogens with zero attached hydrogens (tertiary/aromatic N) is 3. The number of hydrogen-bond acceptors (Lipinski definition) is 4. The molecule has 0 unspecified atom stereocenters. The van der Waals surface area contributed by atoms with Crippen molar-refractivity contribution < 1.29 is 0 Å². The maximum absolute atomic E-state index is 9.43. The molecule has 0 spiro atoms. The molecule has 0 radical (unpaired) electrons. The summed E-state index contributed by atoms with van der Waals surface area (Å²) >= 11 is 4.89. The van der Waals surface area contributed by atoms with Crippen molar-refractivity contribution in [2.24, 2.45) is 0 Å². The summed E-state index contributed by atoms with van der Waals surface area (Å²) in [6.45, 7) is 2.05. The Labute approximate surface area is 153 Å². The van der Waals surface area contributed by atoms with Crippen LogP contribution in [0.4, 0.5) is 0 Å². The Balaban J connectivity index is 1.72. The minimum absolute atomic E-state index is 0.226. The van der Waals surface area contributed by atoms with E-state index < -0.39 is 0 Å². The van der Waals surface area contributed by atoms with Crippen molar-refractivity contribution in [3.8, 4) is 17.5 Å². The fourth-order valence-electron chi connectivity index (χ4n) is 2.25. The van der Waals surface area contributed by atoms with Gasteiger partial charge in [0.15, 0.2) is 5.82 Å². The monoisotopic (exact) mass is 398 g/mol. The molecule has 0 fully saturated rings. The Morgan fingerprint density at radius 2 is 1.96 bits per heavy atom. The molecule has 0 aliphatic heterocycles. The summed E-state index contributed by atoms with van der Waals surface area (Å²) in [5.74, 6) is 0.692. The van der Waals surface area contributed by atoms with Crippen molar-refractivity contribution >= 4 is 27.7 Å². The third-order valence-electron chi connectivity index (χ3n) is 3.53. The van der Waals surface area contributed by atoms with Crippen LogP contribution in [-0.4, -0.2) is 20.4 Å². The standard InChI is InChI=1S/C18H15BrN4S/c1-12-6-8-13(9-7-12)10-14(11-20)24-18-21-17(22-23-18)15-4-2-3-5-16(15)19/h2-9,14H,10H2,1H3,(H,21,22,23)/t14-/m0/s1. The Bertz CT molecular complexity index is 867. The number of aromatic amines is 1. The van der Waals surface area contributed by atoms with Gasteiger partial charge in [0.25, 0.3) is 0 Å². The molecule has 4 nitrogen and oxygen atoms in total. The number of hydrogen-bond donors (Lipinski definition) is 1. The van der Waals surface area contributed by atoms with Gasteiger partial charge in [-0.25, -0.2) is 4.98 Å². The summed E-state index contributed by atoms with van der Waals surface area (Å²) < 4.78 is 0.953. The average molecular weight is 399 g/mol. The molecule has 120 valence electrons. The van der Waals surface area contributed by atoms with Gasteiger partial charge in [-0.1, -0.05) is 75.7 Å². The highest BCUT2D eigenvalue weighted by molar-refractivity contribution is 9.10. The van der Waals surface area contributed by atoms with Gasteiger partial charge in [0, 0.05) is 10.0 Å². The molecular formula is C18H15BrN4S. The molecule has 1 N–H and O–H groups in total. The third kappa shape index (κ3) is 4.05. The first-order valence-electron chi connectivity index (χ1n) is 7.45. The van der Waals surface area contributed by atoms with Crippen LogP contribution >= 0.6 is 27.7 Å². The molecule has 0 bridgehead atoms. The number of benzene rings is 2. The summed E-state index contributed by atoms with van der Waals surface area (Å²) in [6, 6.07) is 18.4. The van der Waals surface area contributed by atoms with E-state index >= 15 is 0 Å². The largest absolute Gasteiger partial charge is 0.258 e. The maximum atomic E-state index is 9.43. The topological polar surface area (TPSA) is 65.4 Å². The van der Waals surface area contributed by atoms with Gasteiger partial charge in [-0.15, -0.1) is 5.10 Å². The van der Waals surface area contributed by atoms with E-state index in [1.54, 1.807) is 0 Å². The number of thioether (sulfide) groups is 1. The fraction of sp³-hybridized carbons (Fsp3) is 0.167. The number of rotatable bonds is 5. The van der Waals surface area contributed by atoms with Crippen molar-refractivity contribution in [1.29, 1.82) is 5.26 Å². The summed E-state index contributed by atoms with van der Waals surface area (Å²) in [5, 5.41) is 17.0. The minimum Gasteiger partial charge on any atom is -0.258 e. The average Bonchev–Trinajstić information content (AvgIpc) is 3.05. The lowest BCUT2D eigenvalue weighted by Crippen LogP contribution is -2.04. The SMILES string of the molecule is Cc1ccc(C[C@@H](C#N)Sc2n[nH]c(-c3ccccc3Br)n2)cc1. The zero-order chi connectivity index (χ0) is 16.9. The van der Waals surface area contributed by atoms with E-state index in [1.165, 1.54) is 17.3 Å². The number of H-pyrrole nitrogens is 1. The molecule has 2 aromatic carbocycles. The zero-order valence-electron chi connectivity index (χ0n) is 13.0. The van der Waals surface area contributed by atoms with E-state index in [4.69, 9.17) is 0 Å².